The maximum absolute atomic E-state index is 14.2. The number of aromatic nitrogens is 2. The highest BCUT2D eigenvalue weighted by molar-refractivity contribution is 7.91. The van der Waals surface area contributed by atoms with Crippen molar-refractivity contribution in [3.05, 3.63) is 66.7 Å². The van der Waals surface area contributed by atoms with Gasteiger partial charge in [0.25, 0.3) is 11.8 Å². The van der Waals surface area contributed by atoms with E-state index in [1.165, 1.54) is 23.1 Å². The smallest absolute Gasteiger partial charge is 0.416 e. The van der Waals surface area contributed by atoms with Crippen molar-refractivity contribution in [3.63, 3.8) is 0 Å². The minimum Gasteiger partial charge on any atom is -0.470 e. The number of para-hydroxylation sites is 1. The van der Waals surface area contributed by atoms with Crippen LogP contribution in [-0.2, 0) is 30.6 Å². The first-order valence-electron chi connectivity index (χ1n) is 18.3. The molecule has 14 nitrogen and oxygen atoms in total. The lowest BCUT2D eigenvalue weighted by Crippen LogP contribution is -2.56. The Bertz CT molecular complexity index is 2370. The number of nitrogens with one attached hydrogen (secondary N) is 3. The largest absolute Gasteiger partial charge is 0.470 e. The highest BCUT2D eigenvalue weighted by Gasteiger charge is 2.62. The van der Waals surface area contributed by atoms with E-state index in [0.717, 1.165) is 12.1 Å². The third-order valence-electron chi connectivity index (χ3n) is 10.3. The highest BCUT2D eigenvalue weighted by atomic mass is 32.2. The lowest BCUT2D eigenvalue weighted by Gasteiger charge is -2.26. The van der Waals surface area contributed by atoms with Crippen molar-refractivity contribution < 1.29 is 45.1 Å². The molecule has 0 radical (unpaired) electrons. The maximum Gasteiger partial charge on any atom is 0.416 e. The number of carbonyl (C=O) groups excluding carboxylic acids is 3. The summed E-state index contributed by atoms with van der Waals surface area (Å²) in [7, 11) is -0.366. The fraction of sp³-hybridized carbons (Fsp3) is 0.421. The molecule has 3 aliphatic rings. The number of furan rings is 1. The van der Waals surface area contributed by atoms with E-state index in [0.29, 0.717) is 47.4 Å². The molecule has 3 N–H and O–H groups in total. The van der Waals surface area contributed by atoms with E-state index in [-0.39, 0.29) is 54.6 Å². The molecule has 0 bridgehead atoms. The van der Waals surface area contributed by atoms with Crippen LogP contribution in [0.25, 0.3) is 33.5 Å². The average Bonchev–Trinajstić information content (AvgIpc) is 4.08. The second-order valence-electron chi connectivity index (χ2n) is 14.7. The predicted molar refractivity (Wildman–Crippen MR) is 207 cm³/mol. The zero-order valence-electron chi connectivity index (χ0n) is 31.0. The van der Waals surface area contributed by atoms with E-state index in [1.54, 1.807) is 43.3 Å². The predicted octanol–water partition coefficient (Wildman–Crippen LogP) is 4.30. The first kappa shape index (κ1) is 39.9. The zero-order chi connectivity index (χ0) is 40.9. The van der Waals surface area contributed by atoms with E-state index < -0.39 is 62.4 Å². The standard InChI is InChI=1S/C38H40F3N7O7S2/c1-4-22-19-37(22,35(51)46-57(52,53)25-15-16-25)45-33(50)27-18-24(20-48(27)29(49)10-7-17-42-36(56)47(2)3)54-34-31-30(26-8-5-6-9-28(26)55-31)43-32(44-34)21-11-13-23(14-12-21)38(39,40)41/h4-6,8-9,11-14,22,24-25,27H,1,7,10,15-20H2,2-3H3,(H,42,56)(H,45,50)(H,46,51)/t22-,24-,27+,37?/m1/s1. The topological polar surface area (TPSA) is 176 Å². The molecule has 1 saturated heterocycles. The van der Waals surface area contributed by atoms with Crippen LogP contribution in [0.5, 0.6) is 5.88 Å². The Morgan fingerprint density at radius 2 is 1.84 bits per heavy atom. The van der Waals surface area contributed by atoms with Crippen LogP contribution in [-0.4, -0.2) is 101 Å². The molecule has 7 rings (SSSR count). The van der Waals surface area contributed by atoms with Gasteiger partial charge in [0.05, 0.1) is 17.4 Å². The van der Waals surface area contributed by atoms with Crippen molar-refractivity contribution in [2.45, 2.75) is 67.6 Å². The molecule has 2 aromatic carbocycles. The van der Waals surface area contributed by atoms with Crippen molar-refractivity contribution in [3.8, 4) is 17.3 Å². The van der Waals surface area contributed by atoms with Crippen LogP contribution in [0.15, 0.2) is 65.6 Å². The minimum absolute atomic E-state index is 0.0273. The molecule has 3 amide bonds. The Hall–Kier alpha value is -5.30. The van der Waals surface area contributed by atoms with Crippen molar-refractivity contribution in [2.24, 2.45) is 5.92 Å². The summed E-state index contributed by atoms with van der Waals surface area (Å²) in [6, 6.07) is 10.2. The number of carbonyl (C=O) groups is 3. The van der Waals surface area contributed by atoms with Crippen LogP contribution in [0.2, 0.25) is 0 Å². The van der Waals surface area contributed by atoms with Crippen LogP contribution in [0.4, 0.5) is 13.2 Å². The Labute approximate surface area is 331 Å². The molecule has 4 atom stereocenters. The molecule has 3 heterocycles. The Balaban J connectivity index is 1.17. The SMILES string of the molecule is C=C[C@@H]1CC1(NC(=O)[C@@H]1C[C@@H](Oc2nc(-c3ccc(C(F)(F)F)cc3)nc3c2oc2ccccc23)CN1C(=O)CCCNC(=S)N(C)C)C(=O)NS(=O)(=O)C1CC1. The number of nitrogens with zero attached hydrogens (tertiary/aromatic N) is 4. The third kappa shape index (κ3) is 8.25. The molecule has 2 saturated carbocycles. The van der Waals surface area contributed by atoms with Gasteiger partial charge in [0.15, 0.2) is 10.9 Å². The average molecular weight is 828 g/mol. The zero-order valence-corrected chi connectivity index (χ0v) is 32.6. The van der Waals surface area contributed by atoms with Gasteiger partial charge < -0.3 is 29.6 Å². The van der Waals surface area contributed by atoms with Crippen molar-refractivity contribution in [1.82, 2.24) is 35.1 Å². The summed E-state index contributed by atoms with van der Waals surface area (Å²) >= 11 is 5.27. The first-order valence-corrected chi connectivity index (χ1v) is 20.2. The van der Waals surface area contributed by atoms with Gasteiger partial charge in [0.2, 0.25) is 27.4 Å². The monoisotopic (exact) mass is 827 g/mol. The van der Waals surface area contributed by atoms with Crippen LogP contribution in [0.1, 0.15) is 44.1 Å². The second kappa shape index (κ2) is 15.2. The lowest BCUT2D eigenvalue weighted by atomic mass is 10.1. The van der Waals surface area contributed by atoms with Crippen molar-refractivity contribution in [2.75, 3.05) is 27.2 Å². The molecular weight excluding hydrogens is 788 g/mol. The van der Waals surface area contributed by atoms with Gasteiger partial charge in [-0.15, -0.1) is 6.58 Å². The number of ether oxygens (including phenoxy) is 1. The Kier molecular flexibility index (Phi) is 10.7. The molecule has 0 spiro atoms. The van der Waals surface area contributed by atoms with Crippen molar-refractivity contribution >= 4 is 67.1 Å². The summed E-state index contributed by atoms with van der Waals surface area (Å²) in [5.74, 6) is -2.49. The van der Waals surface area contributed by atoms with Crippen LogP contribution >= 0.6 is 12.2 Å². The number of hydrogen-bond donors (Lipinski definition) is 3. The van der Waals surface area contributed by atoms with Crippen LogP contribution in [0.3, 0.4) is 0 Å². The van der Waals surface area contributed by atoms with E-state index in [4.69, 9.17) is 21.4 Å². The molecule has 4 aromatic rings. The first-order chi connectivity index (χ1) is 27.0. The lowest BCUT2D eigenvalue weighted by molar-refractivity contribution is -0.139. The van der Waals surface area contributed by atoms with Crippen molar-refractivity contribution in [1.29, 1.82) is 0 Å². The summed E-state index contributed by atoms with van der Waals surface area (Å²) in [6.45, 7) is 4.04. The summed E-state index contributed by atoms with van der Waals surface area (Å²) in [6.07, 6.45) is -2.61. The molecule has 57 heavy (non-hydrogen) atoms. The third-order valence-corrected chi connectivity index (χ3v) is 12.7. The number of alkyl halides is 3. The van der Waals surface area contributed by atoms with Gasteiger partial charge in [-0.2, -0.15) is 18.2 Å². The number of amides is 3. The maximum atomic E-state index is 14.2. The molecular formula is C38H40F3N7O7S2. The molecule has 1 unspecified atom stereocenters. The van der Waals surface area contributed by atoms with Gasteiger partial charge in [-0.3, -0.25) is 19.1 Å². The minimum atomic E-state index is -4.55. The molecule has 3 fully saturated rings. The molecule has 1 aliphatic heterocycles. The Morgan fingerprint density at radius 3 is 2.49 bits per heavy atom. The van der Waals surface area contributed by atoms with E-state index in [9.17, 15) is 36.0 Å². The molecule has 302 valence electrons. The number of likely N-dealkylation sites (tertiary alicyclic amines) is 1. The van der Waals surface area contributed by atoms with Gasteiger partial charge in [0, 0.05) is 50.3 Å². The number of rotatable bonds is 13. The number of thiocarbonyl (C=S) groups is 1. The van der Waals surface area contributed by atoms with Gasteiger partial charge in [-0.05, 0) is 62.2 Å². The van der Waals surface area contributed by atoms with E-state index >= 15 is 0 Å². The molecule has 2 aromatic heterocycles. The van der Waals surface area contributed by atoms with Crippen LogP contribution < -0.4 is 20.1 Å². The summed E-state index contributed by atoms with van der Waals surface area (Å²) in [5, 5.41) is 6.23. The van der Waals surface area contributed by atoms with E-state index in [2.05, 4.69) is 31.9 Å². The van der Waals surface area contributed by atoms with Gasteiger partial charge in [-0.25, -0.2) is 13.4 Å². The Morgan fingerprint density at radius 1 is 1.12 bits per heavy atom. The second-order valence-corrected chi connectivity index (χ2v) is 17.0. The fourth-order valence-electron chi connectivity index (χ4n) is 6.90. The van der Waals surface area contributed by atoms with Gasteiger partial charge >= 0.3 is 6.18 Å². The summed E-state index contributed by atoms with van der Waals surface area (Å²) in [4.78, 5) is 53.7. The molecule has 19 heteroatoms. The molecule has 2 aliphatic carbocycles. The summed E-state index contributed by atoms with van der Waals surface area (Å²) < 4.78 is 80.1. The number of halogens is 3. The number of sulfonamides is 1. The van der Waals surface area contributed by atoms with Gasteiger partial charge in [0.1, 0.15) is 28.8 Å². The summed E-state index contributed by atoms with van der Waals surface area (Å²) in [5.41, 5.74) is -1.21. The highest BCUT2D eigenvalue weighted by Crippen LogP contribution is 2.46. The normalized spacial score (nSPS) is 21.9. The quantitative estimate of drug-likeness (QED) is 0.0992. The fourth-order valence-corrected chi connectivity index (χ4v) is 8.37. The number of hydrogen-bond acceptors (Lipinski definition) is 10. The van der Waals surface area contributed by atoms with Crippen LogP contribution in [0, 0.1) is 5.92 Å². The van der Waals surface area contributed by atoms with E-state index in [1.807, 2.05) is 0 Å². The number of benzene rings is 2. The number of fused-ring (bicyclic) bond motifs is 3. The van der Waals surface area contributed by atoms with Gasteiger partial charge in [-0.1, -0.05) is 30.3 Å².